The van der Waals surface area contributed by atoms with Crippen LogP contribution in [0.1, 0.15) is 12.5 Å². The van der Waals surface area contributed by atoms with Crippen molar-refractivity contribution < 1.29 is 0 Å². The summed E-state index contributed by atoms with van der Waals surface area (Å²) in [6.45, 7) is 6.87. The number of benzene rings is 2. The van der Waals surface area contributed by atoms with E-state index in [9.17, 15) is 0 Å². The first-order valence-corrected chi connectivity index (χ1v) is 10.3. The van der Waals surface area contributed by atoms with E-state index in [2.05, 4.69) is 74.9 Å². The molecule has 0 unspecified atom stereocenters. The number of hydrazone groups is 1. The maximum absolute atomic E-state index is 4.75. The predicted molar refractivity (Wildman–Crippen MR) is 121 cm³/mol. The Kier molecular flexibility index (Phi) is 4.64. The van der Waals surface area contributed by atoms with Crippen molar-refractivity contribution in [3.05, 3.63) is 72.4 Å². The molecule has 4 aromatic rings. The van der Waals surface area contributed by atoms with Crippen LogP contribution in [0.5, 0.6) is 0 Å². The van der Waals surface area contributed by atoms with Crippen molar-refractivity contribution in [2.24, 2.45) is 5.10 Å². The molecule has 146 valence electrons. The number of hydrogen-bond acceptors (Lipinski definition) is 4. The van der Waals surface area contributed by atoms with Gasteiger partial charge in [0.05, 0.1) is 19.3 Å². The van der Waals surface area contributed by atoms with Crippen molar-refractivity contribution in [3.8, 4) is 0 Å². The lowest BCUT2D eigenvalue weighted by molar-refractivity contribution is 0.271. The number of rotatable bonds is 4. The molecule has 0 amide bonds. The Morgan fingerprint density at radius 3 is 2.48 bits per heavy atom. The first kappa shape index (κ1) is 17.7. The summed E-state index contributed by atoms with van der Waals surface area (Å²) >= 11 is 0. The van der Waals surface area contributed by atoms with Gasteiger partial charge in [0.1, 0.15) is 5.82 Å². The van der Waals surface area contributed by atoms with Crippen LogP contribution in [-0.4, -0.2) is 47.0 Å². The van der Waals surface area contributed by atoms with Gasteiger partial charge >= 0.3 is 0 Å². The van der Waals surface area contributed by atoms with E-state index in [1.165, 1.54) is 21.8 Å². The van der Waals surface area contributed by atoms with Gasteiger partial charge in [0.15, 0.2) is 0 Å². The fraction of sp³-hybridized carbons (Fsp3) is 0.250. The maximum Gasteiger partial charge on any atom is 0.128 e. The zero-order valence-corrected chi connectivity index (χ0v) is 16.7. The molecule has 0 saturated carbocycles. The minimum absolute atomic E-state index is 0.907. The predicted octanol–water partition coefficient (Wildman–Crippen LogP) is 4.37. The quantitative estimate of drug-likeness (QED) is 0.491. The summed E-state index contributed by atoms with van der Waals surface area (Å²) < 4.78 is 2.38. The highest BCUT2D eigenvalue weighted by atomic mass is 15.5. The molecule has 0 bridgehead atoms. The van der Waals surface area contributed by atoms with E-state index in [-0.39, 0.29) is 0 Å². The molecule has 0 radical (unpaired) electrons. The van der Waals surface area contributed by atoms with Crippen molar-refractivity contribution in [3.63, 3.8) is 0 Å². The second kappa shape index (κ2) is 7.59. The second-order valence-electron chi connectivity index (χ2n) is 7.41. The van der Waals surface area contributed by atoms with E-state index in [4.69, 9.17) is 5.10 Å². The molecule has 0 spiro atoms. The van der Waals surface area contributed by atoms with Gasteiger partial charge in [-0.1, -0.05) is 30.3 Å². The molecule has 2 aromatic carbocycles. The maximum atomic E-state index is 4.75. The van der Waals surface area contributed by atoms with Crippen LogP contribution in [0.2, 0.25) is 0 Å². The summed E-state index contributed by atoms with van der Waals surface area (Å²) in [4.78, 5) is 6.77. The minimum Gasteiger partial charge on any atom is -0.353 e. The van der Waals surface area contributed by atoms with E-state index >= 15 is 0 Å². The third-order valence-corrected chi connectivity index (χ3v) is 5.71. The smallest absolute Gasteiger partial charge is 0.128 e. The van der Waals surface area contributed by atoms with Crippen LogP contribution in [0.3, 0.4) is 0 Å². The van der Waals surface area contributed by atoms with E-state index in [1.807, 2.05) is 24.5 Å². The number of aryl methyl sites for hydroxylation is 1. The van der Waals surface area contributed by atoms with Gasteiger partial charge in [-0.05, 0) is 42.8 Å². The van der Waals surface area contributed by atoms with Crippen molar-refractivity contribution in [2.45, 2.75) is 13.5 Å². The summed E-state index contributed by atoms with van der Waals surface area (Å²) in [6, 6.07) is 21.4. The first-order chi connectivity index (χ1) is 14.3. The number of nitrogens with zero attached hydrogens (tertiary/aromatic N) is 5. The Morgan fingerprint density at radius 1 is 0.897 bits per heavy atom. The molecule has 5 nitrogen and oxygen atoms in total. The summed E-state index contributed by atoms with van der Waals surface area (Å²) in [5.41, 5.74) is 3.73. The Morgan fingerprint density at radius 2 is 1.69 bits per heavy atom. The Bertz CT molecular complexity index is 1150. The molecule has 0 atom stereocenters. The lowest BCUT2D eigenvalue weighted by Gasteiger charge is -2.33. The SMILES string of the molecule is CCn1c2ccccc2c2cc(/C=N/N3CCN(c4ccccn4)CC3)ccc21. The highest BCUT2D eigenvalue weighted by Gasteiger charge is 2.16. The van der Waals surface area contributed by atoms with Crippen LogP contribution in [0, 0.1) is 0 Å². The van der Waals surface area contributed by atoms with Gasteiger partial charge in [-0.3, -0.25) is 5.01 Å². The fourth-order valence-corrected chi connectivity index (χ4v) is 4.22. The number of anilines is 1. The standard InChI is InChI=1S/C24H25N5/c1-2-29-22-8-4-3-7-20(22)21-17-19(10-11-23(21)29)18-26-28-15-13-27(14-16-28)24-9-5-6-12-25-24/h3-12,17-18H,2,13-16H2,1H3/b26-18+. The lowest BCUT2D eigenvalue weighted by Crippen LogP contribution is -2.44. The fourth-order valence-electron chi connectivity index (χ4n) is 4.22. The third kappa shape index (κ3) is 3.33. The van der Waals surface area contributed by atoms with E-state index < -0.39 is 0 Å². The van der Waals surface area contributed by atoms with Gasteiger partial charge in [0.2, 0.25) is 0 Å². The number of pyridine rings is 1. The zero-order chi connectivity index (χ0) is 19.6. The van der Waals surface area contributed by atoms with E-state index in [0.29, 0.717) is 0 Å². The van der Waals surface area contributed by atoms with Gasteiger partial charge < -0.3 is 9.47 Å². The number of hydrogen-bond donors (Lipinski definition) is 0. The average molecular weight is 383 g/mol. The molecule has 0 N–H and O–H groups in total. The molecular weight excluding hydrogens is 358 g/mol. The first-order valence-electron chi connectivity index (χ1n) is 10.3. The molecule has 3 heterocycles. The molecule has 1 fully saturated rings. The van der Waals surface area contributed by atoms with Crippen molar-refractivity contribution in [1.29, 1.82) is 0 Å². The summed E-state index contributed by atoms with van der Waals surface area (Å²) in [5, 5.41) is 9.51. The molecule has 29 heavy (non-hydrogen) atoms. The number of aromatic nitrogens is 2. The molecular formula is C24H25N5. The number of para-hydroxylation sites is 1. The number of piperazine rings is 1. The molecule has 1 saturated heterocycles. The van der Waals surface area contributed by atoms with Crippen molar-refractivity contribution in [2.75, 3.05) is 31.1 Å². The summed E-state index contributed by atoms with van der Waals surface area (Å²) in [6.07, 6.45) is 3.85. The van der Waals surface area contributed by atoms with Gasteiger partial charge in [0.25, 0.3) is 0 Å². The molecule has 1 aliphatic heterocycles. The highest BCUT2D eigenvalue weighted by molar-refractivity contribution is 6.09. The van der Waals surface area contributed by atoms with Gasteiger partial charge in [-0.25, -0.2) is 4.98 Å². The van der Waals surface area contributed by atoms with Crippen LogP contribution < -0.4 is 4.90 Å². The Labute approximate surface area is 170 Å². The highest BCUT2D eigenvalue weighted by Crippen LogP contribution is 2.29. The van der Waals surface area contributed by atoms with Crippen LogP contribution in [0.4, 0.5) is 5.82 Å². The largest absolute Gasteiger partial charge is 0.353 e. The molecule has 5 heteroatoms. The third-order valence-electron chi connectivity index (χ3n) is 5.71. The van der Waals surface area contributed by atoms with Crippen LogP contribution in [-0.2, 0) is 6.54 Å². The minimum atomic E-state index is 0.907. The van der Waals surface area contributed by atoms with Gasteiger partial charge in [0, 0.05) is 47.6 Å². The topological polar surface area (TPSA) is 36.7 Å². The van der Waals surface area contributed by atoms with E-state index in [1.54, 1.807) is 0 Å². The normalized spacial score (nSPS) is 15.1. The molecule has 0 aliphatic carbocycles. The molecule has 5 rings (SSSR count). The number of fused-ring (bicyclic) bond motifs is 3. The van der Waals surface area contributed by atoms with Crippen LogP contribution in [0.15, 0.2) is 72.0 Å². The summed E-state index contributed by atoms with van der Waals surface area (Å²) in [7, 11) is 0. The monoisotopic (exact) mass is 383 g/mol. The van der Waals surface area contributed by atoms with Gasteiger partial charge in [-0.15, -0.1) is 0 Å². The molecule has 1 aliphatic rings. The molecule has 2 aromatic heterocycles. The Balaban J connectivity index is 1.34. The van der Waals surface area contributed by atoms with E-state index in [0.717, 1.165) is 44.1 Å². The second-order valence-corrected chi connectivity index (χ2v) is 7.41. The van der Waals surface area contributed by atoms with Crippen LogP contribution >= 0.6 is 0 Å². The van der Waals surface area contributed by atoms with Crippen LogP contribution in [0.25, 0.3) is 21.8 Å². The lowest BCUT2D eigenvalue weighted by atomic mass is 10.1. The Hall–Kier alpha value is -3.34. The van der Waals surface area contributed by atoms with Gasteiger partial charge in [-0.2, -0.15) is 5.10 Å². The summed E-state index contributed by atoms with van der Waals surface area (Å²) in [5.74, 6) is 1.05. The average Bonchev–Trinajstić information content (AvgIpc) is 3.11. The zero-order valence-electron chi connectivity index (χ0n) is 16.7. The van der Waals surface area contributed by atoms with Crippen molar-refractivity contribution in [1.82, 2.24) is 14.6 Å². The van der Waals surface area contributed by atoms with Crippen molar-refractivity contribution >= 4 is 33.8 Å².